The molecule has 86 valence electrons. The highest BCUT2D eigenvalue weighted by Crippen LogP contribution is 2.45. The van der Waals surface area contributed by atoms with Crippen LogP contribution in [0, 0.1) is 0 Å². The Kier molecular flexibility index (Phi) is 5.91. The fourth-order valence-electron chi connectivity index (χ4n) is 0.576. The Morgan fingerprint density at radius 2 is 1.86 bits per heavy atom. The van der Waals surface area contributed by atoms with Crippen LogP contribution in [-0.4, -0.2) is 18.9 Å². The minimum atomic E-state index is -3.04. The van der Waals surface area contributed by atoms with E-state index in [0.29, 0.717) is 6.61 Å². The summed E-state index contributed by atoms with van der Waals surface area (Å²) in [7, 11) is -3.04. The molecule has 0 N–H and O–H groups in total. The lowest BCUT2D eigenvalue weighted by Crippen LogP contribution is -2.18. The number of hydrogen-bond acceptors (Lipinski definition) is 4. The molecular formula is C9H21O4P. The van der Waals surface area contributed by atoms with Gasteiger partial charge in [-0.25, -0.2) is 4.89 Å². The van der Waals surface area contributed by atoms with E-state index in [1.54, 1.807) is 0 Å². The summed E-state index contributed by atoms with van der Waals surface area (Å²) < 4.78 is 21.4. The Bertz CT molecular complexity index is 197. The molecular weight excluding hydrogens is 203 g/mol. The Morgan fingerprint density at radius 1 is 1.29 bits per heavy atom. The molecule has 0 aliphatic carbocycles. The van der Waals surface area contributed by atoms with Crippen LogP contribution in [0.1, 0.15) is 40.5 Å². The van der Waals surface area contributed by atoms with Crippen molar-refractivity contribution in [2.75, 3.05) is 13.3 Å². The average molecular weight is 224 g/mol. The van der Waals surface area contributed by atoms with Crippen LogP contribution < -0.4 is 0 Å². The van der Waals surface area contributed by atoms with Crippen molar-refractivity contribution >= 4 is 7.60 Å². The maximum atomic E-state index is 11.6. The first-order valence-electron chi connectivity index (χ1n) is 4.86. The molecule has 0 amide bonds. The molecule has 14 heavy (non-hydrogen) atoms. The highest BCUT2D eigenvalue weighted by atomic mass is 31.2. The third kappa shape index (κ3) is 8.70. The normalized spacial score (nSPS) is 16.6. The van der Waals surface area contributed by atoms with E-state index in [0.717, 1.165) is 12.8 Å². The second-order valence-electron chi connectivity index (χ2n) is 4.23. The zero-order chi connectivity index (χ0) is 11.2. The van der Waals surface area contributed by atoms with Crippen molar-refractivity contribution in [1.82, 2.24) is 0 Å². The lowest BCUT2D eigenvalue weighted by atomic mass is 10.2. The molecule has 0 aromatic rings. The summed E-state index contributed by atoms with van der Waals surface area (Å²) in [5.74, 6) is 0. The van der Waals surface area contributed by atoms with Gasteiger partial charge in [-0.3, -0.25) is 4.57 Å². The fraction of sp³-hybridized carbons (Fsp3) is 1.00. The van der Waals surface area contributed by atoms with Gasteiger partial charge in [-0.05, 0) is 27.2 Å². The van der Waals surface area contributed by atoms with Crippen LogP contribution in [0.15, 0.2) is 0 Å². The molecule has 0 rings (SSSR count). The molecule has 0 bridgehead atoms. The molecule has 0 aliphatic rings. The predicted molar refractivity (Wildman–Crippen MR) is 56.3 cm³/mol. The first-order valence-corrected chi connectivity index (χ1v) is 6.85. The summed E-state index contributed by atoms with van der Waals surface area (Å²) in [6, 6.07) is 0. The van der Waals surface area contributed by atoms with Crippen molar-refractivity contribution in [2.45, 2.75) is 46.1 Å². The second-order valence-corrected chi connectivity index (χ2v) is 6.18. The smallest absolute Gasteiger partial charge is 0.307 e. The van der Waals surface area contributed by atoms with Gasteiger partial charge < -0.3 is 4.52 Å². The second kappa shape index (κ2) is 5.86. The molecule has 1 unspecified atom stereocenters. The van der Waals surface area contributed by atoms with Gasteiger partial charge in [-0.2, -0.15) is 0 Å². The van der Waals surface area contributed by atoms with Crippen LogP contribution >= 0.6 is 7.60 Å². The number of hydrogen-bond donors (Lipinski definition) is 0. The van der Waals surface area contributed by atoms with Crippen LogP contribution in [0.25, 0.3) is 0 Å². The molecule has 0 aromatic carbocycles. The van der Waals surface area contributed by atoms with Gasteiger partial charge in [0.2, 0.25) is 0 Å². The van der Waals surface area contributed by atoms with Gasteiger partial charge in [0.05, 0.1) is 12.2 Å². The molecule has 0 saturated carbocycles. The zero-order valence-corrected chi connectivity index (χ0v) is 10.6. The minimum Gasteiger partial charge on any atom is -0.307 e. The highest BCUT2D eigenvalue weighted by molar-refractivity contribution is 7.52. The third-order valence-corrected chi connectivity index (χ3v) is 2.24. The van der Waals surface area contributed by atoms with Crippen LogP contribution in [-0.2, 0) is 18.7 Å². The number of rotatable bonds is 6. The zero-order valence-electron chi connectivity index (χ0n) is 9.70. The molecule has 0 radical (unpaired) electrons. The van der Waals surface area contributed by atoms with Crippen molar-refractivity contribution in [2.24, 2.45) is 0 Å². The maximum Gasteiger partial charge on any atom is 0.355 e. The molecule has 0 aliphatic heterocycles. The van der Waals surface area contributed by atoms with E-state index >= 15 is 0 Å². The topological polar surface area (TPSA) is 44.8 Å². The summed E-state index contributed by atoms with van der Waals surface area (Å²) in [4.78, 5) is 4.94. The van der Waals surface area contributed by atoms with Crippen LogP contribution in [0.3, 0.4) is 0 Å². The van der Waals surface area contributed by atoms with E-state index in [1.807, 2.05) is 27.7 Å². The van der Waals surface area contributed by atoms with E-state index in [-0.39, 0.29) is 0 Å². The van der Waals surface area contributed by atoms with E-state index in [4.69, 9.17) is 14.1 Å². The van der Waals surface area contributed by atoms with Crippen molar-refractivity contribution in [3.8, 4) is 0 Å². The van der Waals surface area contributed by atoms with Gasteiger partial charge in [0.15, 0.2) is 0 Å². The molecule has 5 heteroatoms. The van der Waals surface area contributed by atoms with Gasteiger partial charge in [-0.15, -0.1) is 4.67 Å². The summed E-state index contributed by atoms with van der Waals surface area (Å²) in [6.45, 7) is 9.35. The van der Waals surface area contributed by atoms with E-state index in [9.17, 15) is 4.57 Å². The molecule has 0 aromatic heterocycles. The maximum absolute atomic E-state index is 11.6. The van der Waals surface area contributed by atoms with Gasteiger partial charge in [0.1, 0.15) is 0 Å². The Balaban J connectivity index is 3.78. The van der Waals surface area contributed by atoms with Gasteiger partial charge in [0, 0.05) is 6.66 Å². The Hall–Kier alpha value is 0.110. The predicted octanol–water partition coefficient (Wildman–Crippen LogP) is 3.37. The summed E-state index contributed by atoms with van der Waals surface area (Å²) >= 11 is 0. The van der Waals surface area contributed by atoms with Crippen molar-refractivity contribution < 1.29 is 18.7 Å². The van der Waals surface area contributed by atoms with E-state index in [2.05, 4.69) is 0 Å². The third-order valence-electron chi connectivity index (χ3n) is 1.25. The lowest BCUT2D eigenvalue weighted by Gasteiger charge is -2.20. The quantitative estimate of drug-likeness (QED) is 0.300. The molecule has 0 fully saturated rings. The highest BCUT2D eigenvalue weighted by Gasteiger charge is 2.22. The summed E-state index contributed by atoms with van der Waals surface area (Å²) in [5.41, 5.74) is -0.472. The lowest BCUT2D eigenvalue weighted by molar-refractivity contribution is -0.280. The van der Waals surface area contributed by atoms with Crippen LogP contribution in [0.2, 0.25) is 0 Å². The minimum absolute atomic E-state index is 0.442. The molecule has 0 heterocycles. The Morgan fingerprint density at radius 3 is 2.29 bits per heavy atom. The van der Waals surface area contributed by atoms with Crippen LogP contribution in [0.5, 0.6) is 0 Å². The first kappa shape index (κ1) is 14.1. The molecule has 4 nitrogen and oxygen atoms in total. The standard InChI is InChI=1S/C9H21O4P/c1-6-7-8-11-14(5,10)13-12-9(2,3)4/h6-8H2,1-5H3. The van der Waals surface area contributed by atoms with Gasteiger partial charge in [-0.1, -0.05) is 13.3 Å². The van der Waals surface area contributed by atoms with Gasteiger partial charge in [0.25, 0.3) is 0 Å². The van der Waals surface area contributed by atoms with Gasteiger partial charge >= 0.3 is 7.60 Å². The van der Waals surface area contributed by atoms with Crippen molar-refractivity contribution in [1.29, 1.82) is 0 Å². The largest absolute Gasteiger partial charge is 0.355 e. The van der Waals surface area contributed by atoms with Crippen LogP contribution in [0.4, 0.5) is 0 Å². The summed E-state index contributed by atoms with van der Waals surface area (Å²) in [5, 5.41) is 0. The molecule has 1 atom stereocenters. The van der Waals surface area contributed by atoms with E-state index in [1.165, 1.54) is 6.66 Å². The van der Waals surface area contributed by atoms with Crippen molar-refractivity contribution in [3.63, 3.8) is 0 Å². The number of unbranched alkanes of at least 4 members (excludes halogenated alkanes) is 1. The molecule has 0 spiro atoms. The summed E-state index contributed by atoms with van der Waals surface area (Å²) in [6.07, 6.45) is 1.87. The monoisotopic (exact) mass is 224 g/mol. The van der Waals surface area contributed by atoms with Crippen molar-refractivity contribution in [3.05, 3.63) is 0 Å². The fourth-order valence-corrected chi connectivity index (χ4v) is 1.44. The molecule has 0 saturated heterocycles. The SMILES string of the molecule is CCCCOP(C)(=O)OOC(C)(C)C. The van der Waals surface area contributed by atoms with E-state index < -0.39 is 13.2 Å². The first-order chi connectivity index (χ1) is 6.27. The Labute approximate surface area is 86.4 Å². The average Bonchev–Trinajstić information content (AvgIpc) is 2.00.